The molecule has 0 aromatic heterocycles. The lowest BCUT2D eigenvalue weighted by molar-refractivity contribution is -0.131. The molecule has 5 heteroatoms. The highest BCUT2D eigenvalue weighted by atomic mass is 16.2. The Morgan fingerprint density at radius 2 is 1.81 bits per heavy atom. The van der Waals surface area contributed by atoms with Crippen LogP contribution in [0.15, 0.2) is 30.3 Å². The van der Waals surface area contributed by atoms with E-state index in [2.05, 4.69) is 41.0 Å². The number of benzene rings is 1. The van der Waals surface area contributed by atoms with Gasteiger partial charge in [0, 0.05) is 13.1 Å². The predicted octanol–water partition coefficient (Wildman–Crippen LogP) is 4.86. The van der Waals surface area contributed by atoms with Gasteiger partial charge in [-0.25, -0.2) is 0 Å². The van der Waals surface area contributed by atoms with Gasteiger partial charge in [-0.05, 0) is 62.5 Å². The molecule has 1 aromatic carbocycles. The Balaban J connectivity index is 1.33. The zero-order valence-corrected chi connectivity index (χ0v) is 19.9. The second-order valence-electron chi connectivity index (χ2n) is 10.6. The van der Waals surface area contributed by atoms with E-state index in [1.54, 1.807) is 11.9 Å². The number of guanidine groups is 1. The molecule has 3 fully saturated rings. The fraction of sp³-hybridized carbons (Fsp3) is 0.704. The Kier molecular flexibility index (Phi) is 7.88. The number of likely N-dealkylation sites (N-methyl/N-ethyl adjacent to an activating group) is 1. The fourth-order valence-corrected chi connectivity index (χ4v) is 6.34. The van der Waals surface area contributed by atoms with Crippen molar-refractivity contribution in [1.29, 1.82) is 5.41 Å². The van der Waals surface area contributed by atoms with Gasteiger partial charge in [-0.1, -0.05) is 75.3 Å². The summed E-state index contributed by atoms with van der Waals surface area (Å²) in [6, 6.07) is 11.2. The molecule has 0 bridgehead atoms. The van der Waals surface area contributed by atoms with Gasteiger partial charge >= 0.3 is 0 Å². The molecule has 3 N–H and O–H groups in total. The summed E-state index contributed by atoms with van der Waals surface area (Å²) in [5, 5.41) is 15.4. The molecule has 3 atom stereocenters. The maximum absolute atomic E-state index is 13.3. The third-order valence-electron chi connectivity index (χ3n) is 8.22. The van der Waals surface area contributed by atoms with Gasteiger partial charge < -0.3 is 10.6 Å². The largest absolute Gasteiger partial charge is 0.342 e. The summed E-state index contributed by atoms with van der Waals surface area (Å²) in [7, 11) is 1.76. The Hall–Kier alpha value is -1.88. The summed E-state index contributed by atoms with van der Waals surface area (Å²) in [5.41, 5.74) is 0.830. The van der Waals surface area contributed by atoms with Gasteiger partial charge in [-0.2, -0.15) is 0 Å². The first-order chi connectivity index (χ1) is 15.6. The van der Waals surface area contributed by atoms with Crippen molar-refractivity contribution in [2.45, 2.75) is 95.1 Å². The van der Waals surface area contributed by atoms with Crippen molar-refractivity contribution < 1.29 is 4.79 Å². The van der Waals surface area contributed by atoms with E-state index >= 15 is 0 Å². The van der Waals surface area contributed by atoms with E-state index in [1.807, 2.05) is 0 Å². The molecule has 1 aliphatic heterocycles. The van der Waals surface area contributed by atoms with Crippen LogP contribution in [-0.4, -0.2) is 41.9 Å². The minimum absolute atomic E-state index is 0.123. The first kappa shape index (κ1) is 23.3. The monoisotopic (exact) mass is 438 g/mol. The van der Waals surface area contributed by atoms with Crippen LogP contribution in [-0.2, 0) is 11.2 Å². The zero-order valence-electron chi connectivity index (χ0n) is 19.9. The highest BCUT2D eigenvalue weighted by Crippen LogP contribution is 2.38. The highest BCUT2D eigenvalue weighted by molar-refractivity contribution is 6.07. The molecule has 1 heterocycles. The Morgan fingerprint density at radius 3 is 2.53 bits per heavy atom. The molecule has 32 heavy (non-hydrogen) atoms. The Labute approximate surface area is 194 Å². The number of nitrogens with zero attached hydrogens (tertiary/aromatic N) is 1. The van der Waals surface area contributed by atoms with E-state index in [4.69, 9.17) is 5.41 Å². The lowest BCUT2D eigenvalue weighted by Crippen LogP contribution is -2.50. The van der Waals surface area contributed by atoms with Crippen molar-refractivity contribution >= 4 is 11.9 Å². The summed E-state index contributed by atoms with van der Waals surface area (Å²) >= 11 is 0. The van der Waals surface area contributed by atoms with Crippen molar-refractivity contribution in [2.24, 2.45) is 11.8 Å². The van der Waals surface area contributed by atoms with Gasteiger partial charge in [-0.3, -0.25) is 15.1 Å². The second-order valence-corrected chi connectivity index (χ2v) is 10.6. The molecule has 1 aromatic rings. The van der Waals surface area contributed by atoms with Gasteiger partial charge in [0.25, 0.3) is 5.91 Å². The summed E-state index contributed by atoms with van der Waals surface area (Å²) in [6.07, 6.45) is 15.4. The summed E-state index contributed by atoms with van der Waals surface area (Å²) in [4.78, 5) is 14.8. The molecular weight excluding hydrogens is 396 g/mol. The quantitative estimate of drug-likeness (QED) is 0.516. The first-order valence-corrected chi connectivity index (χ1v) is 13.0. The van der Waals surface area contributed by atoms with E-state index in [-0.39, 0.29) is 11.9 Å². The smallest absolute Gasteiger partial charge is 0.254 e. The van der Waals surface area contributed by atoms with Gasteiger partial charge in [0.2, 0.25) is 0 Å². The number of carbonyl (C=O) groups excluding carboxylic acids is 1. The predicted molar refractivity (Wildman–Crippen MR) is 131 cm³/mol. The number of rotatable bonds is 9. The lowest BCUT2D eigenvalue weighted by Gasteiger charge is -2.37. The number of hydrogen-bond donors (Lipinski definition) is 3. The molecule has 2 saturated carbocycles. The molecule has 1 amide bonds. The summed E-state index contributed by atoms with van der Waals surface area (Å²) in [5.74, 6) is 1.71. The van der Waals surface area contributed by atoms with Crippen molar-refractivity contribution in [3.05, 3.63) is 35.9 Å². The number of nitrogens with one attached hydrogen (secondary N) is 3. The maximum atomic E-state index is 13.3. The molecular formula is C27H42N4O. The maximum Gasteiger partial charge on any atom is 0.254 e. The van der Waals surface area contributed by atoms with Crippen LogP contribution < -0.4 is 10.6 Å². The molecule has 1 saturated heterocycles. The average molecular weight is 439 g/mol. The van der Waals surface area contributed by atoms with Crippen LogP contribution in [0.3, 0.4) is 0 Å². The van der Waals surface area contributed by atoms with Crippen LogP contribution in [0.2, 0.25) is 0 Å². The number of amides is 1. The van der Waals surface area contributed by atoms with Crippen LogP contribution in [0.4, 0.5) is 0 Å². The molecule has 1 unspecified atom stereocenters. The standard InChI is InChI=1S/C27H42N4O/c1-31-25(32)27(30-26(31)28,17-15-21-9-4-2-5-10-21)20-23-13-8-14-24(19-23)29-18-16-22-11-6-3-7-12-22/h3,6-7,11-12,21,23-24,29H,2,4-5,8-10,13-20H2,1H3,(H2,28,30)/t23-,24-,27?/m0/s1. The van der Waals surface area contributed by atoms with E-state index in [1.165, 1.54) is 56.9 Å². The molecule has 3 aliphatic rings. The van der Waals surface area contributed by atoms with Crippen LogP contribution in [0.25, 0.3) is 0 Å². The van der Waals surface area contributed by atoms with E-state index < -0.39 is 5.54 Å². The Morgan fingerprint density at radius 1 is 1.06 bits per heavy atom. The highest BCUT2D eigenvalue weighted by Gasteiger charge is 2.49. The van der Waals surface area contributed by atoms with Gasteiger partial charge in [-0.15, -0.1) is 0 Å². The zero-order chi connectivity index (χ0) is 22.4. The molecule has 0 spiro atoms. The van der Waals surface area contributed by atoms with Crippen LogP contribution in [0, 0.1) is 17.2 Å². The number of carbonyl (C=O) groups is 1. The van der Waals surface area contributed by atoms with Crippen LogP contribution in [0.1, 0.15) is 82.6 Å². The molecule has 4 rings (SSSR count). The minimum Gasteiger partial charge on any atom is -0.342 e. The fourth-order valence-electron chi connectivity index (χ4n) is 6.34. The first-order valence-electron chi connectivity index (χ1n) is 13.0. The molecule has 5 nitrogen and oxygen atoms in total. The normalized spacial score (nSPS) is 29.3. The lowest BCUT2D eigenvalue weighted by atomic mass is 9.74. The van der Waals surface area contributed by atoms with E-state index in [0.717, 1.165) is 44.6 Å². The van der Waals surface area contributed by atoms with Crippen LogP contribution >= 0.6 is 0 Å². The minimum atomic E-state index is -0.556. The summed E-state index contributed by atoms with van der Waals surface area (Å²) < 4.78 is 0. The Bertz CT molecular complexity index is 760. The number of hydrogen-bond acceptors (Lipinski definition) is 3. The summed E-state index contributed by atoms with van der Waals surface area (Å²) in [6.45, 7) is 1.01. The second kappa shape index (κ2) is 10.8. The third kappa shape index (κ3) is 5.72. The van der Waals surface area contributed by atoms with Gasteiger partial charge in [0.15, 0.2) is 5.96 Å². The molecule has 176 valence electrons. The van der Waals surface area contributed by atoms with Crippen molar-refractivity contribution in [1.82, 2.24) is 15.5 Å². The van der Waals surface area contributed by atoms with Crippen molar-refractivity contribution in [2.75, 3.05) is 13.6 Å². The van der Waals surface area contributed by atoms with Gasteiger partial charge in [0.05, 0.1) is 0 Å². The third-order valence-corrected chi connectivity index (χ3v) is 8.22. The molecule has 2 aliphatic carbocycles. The topological polar surface area (TPSA) is 68.2 Å². The van der Waals surface area contributed by atoms with E-state index in [9.17, 15) is 4.79 Å². The average Bonchev–Trinajstić information content (AvgIpc) is 3.03. The van der Waals surface area contributed by atoms with E-state index in [0.29, 0.717) is 12.0 Å². The van der Waals surface area contributed by atoms with Crippen molar-refractivity contribution in [3.8, 4) is 0 Å². The van der Waals surface area contributed by atoms with Gasteiger partial charge in [0.1, 0.15) is 5.54 Å². The van der Waals surface area contributed by atoms with Crippen molar-refractivity contribution in [3.63, 3.8) is 0 Å². The van der Waals surface area contributed by atoms with Crippen LogP contribution in [0.5, 0.6) is 0 Å². The SMILES string of the molecule is CN1C(=N)NC(CCC2CCCCC2)(C[C@H]2CCC[C@H](NCCc3ccccc3)C2)C1=O. The molecule has 0 radical (unpaired) electrons.